The number of hydrogen-bond acceptors (Lipinski definition) is 5. The van der Waals surface area contributed by atoms with Crippen molar-refractivity contribution in [2.45, 2.75) is 31.8 Å². The molecular formula is C12H16N2O6. The number of aliphatic carboxylic acids is 2. The molecule has 20 heavy (non-hydrogen) atoms. The van der Waals surface area contributed by atoms with Gasteiger partial charge in [-0.05, 0) is 25.0 Å². The largest absolute Gasteiger partial charge is 0.481 e. The molecule has 0 spiro atoms. The maximum atomic E-state index is 11.8. The Morgan fingerprint density at radius 1 is 1.30 bits per heavy atom. The predicted octanol–water partition coefficient (Wildman–Crippen LogP) is 0.176. The normalized spacial score (nSPS) is 11.8. The van der Waals surface area contributed by atoms with Crippen LogP contribution >= 0.6 is 0 Å². The fourth-order valence-electron chi connectivity index (χ4n) is 1.55. The molecule has 0 aliphatic carbocycles. The maximum absolute atomic E-state index is 11.8. The van der Waals surface area contributed by atoms with E-state index < -0.39 is 23.9 Å². The topological polar surface area (TPSA) is 143 Å². The van der Waals surface area contributed by atoms with Crippen LogP contribution in [0.5, 0.6) is 0 Å². The molecule has 0 radical (unpaired) electrons. The molecule has 0 aliphatic rings. The molecular weight excluding hydrogens is 268 g/mol. The third kappa shape index (κ3) is 4.73. The third-order valence-electron chi connectivity index (χ3n) is 2.57. The number of carbonyl (C=O) groups excluding carboxylic acids is 1. The molecule has 0 unspecified atom stereocenters. The SMILES string of the molecule is NCc1ccc(C(=O)N[C@H](CCCC(=O)O)C(=O)O)o1. The minimum Gasteiger partial charge on any atom is -0.481 e. The summed E-state index contributed by atoms with van der Waals surface area (Å²) in [6.45, 7) is 0.133. The van der Waals surface area contributed by atoms with Gasteiger partial charge in [-0.25, -0.2) is 4.79 Å². The molecule has 1 atom stereocenters. The number of furan rings is 1. The van der Waals surface area contributed by atoms with E-state index in [0.29, 0.717) is 5.76 Å². The first kappa shape index (κ1) is 15.7. The Balaban J connectivity index is 2.58. The van der Waals surface area contributed by atoms with Crippen LogP contribution in [0.3, 0.4) is 0 Å². The highest BCUT2D eigenvalue weighted by Gasteiger charge is 2.22. The van der Waals surface area contributed by atoms with Crippen LogP contribution < -0.4 is 11.1 Å². The molecule has 0 aliphatic heterocycles. The second-order valence-corrected chi connectivity index (χ2v) is 4.12. The molecule has 0 saturated heterocycles. The second kappa shape index (κ2) is 7.29. The van der Waals surface area contributed by atoms with E-state index in [0.717, 1.165) is 0 Å². The van der Waals surface area contributed by atoms with Gasteiger partial charge in [-0.1, -0.05) is 0 Å². The predicted molar refractivity (Wildman–Crippen MR) is 67.0 cm³/mol. The quantitative estimate of drug-likeness (QED) is 0.533. The highest BCUT2D eigenvalue weighted by molar-refractivity contribution is 5.94. The van der Waals surface area contributed by atoms with Gasteiger partial charge in [0.05, 0.1) is 6.54 Å². The van der Waals surface area contributed by atoms with Crippen LogP contribution in [0.15, 0.2) is 16.5 Å². The maximum Gasteiger partial charge on any atom is 0.326 e. The lowest BCUT2D eigenvalue weighted by molar-refractivity contribution is -0.140. The summed E-state index contributed by atoms with van der Waals surface area (Å²) in [7, 11) is 0. The van der Waals surface area contributed by atoms with Gasteiger partial charge < -0.3 is 25.7 Å². The number of carboxylic acid groups (broad SMARTS) is 2. The second-order valence-electron chi connectivity index (χ2n) is 4.12. The highest BCUT2D eigenvalue weighted by Crippen LogP contribution is 2.08. The van der Waals surface area contributed by atoms with Crippen molar-refractivity contribution < 1.29 is 29.0 Å². The van der Waals surface area contributed by atoms with Crippen molar-refractivity contribution in [1.29, 1.82) is 0 Å². The zero-order chi connectivity index (χ0) is 15.1. The number of rotatable bonds is 8. The lowest BCUT2D eigenvalue weighted by atomic mass is 10.1. The van der Waals surface area contributed by atoms with Gasteiger partial charge in [-0.3, -0.25) is 9.59 Å². The molecule has 0 aromatic carbocycles. The number of hydrogen-bond donors (Lipinski definition) is 4. The van der Waals surface area contributed by atoms with E-state index in [4.69, 9.17) is 20.4 Å². The summed E-state index contributed by atoms with van der Waals surface area (Å²) >= 11 is 0. The fourth-order valence-corrected chi connectivity index (χ4v) is 1.55. The molecule has 110 valence electrons. The van der Waals surface area contributed by atoms with Crippen molar-refractivity contribution in [2.24, 2.45) is 5.73 Å². The summed E-state index contributed by atoms with van der Waals surface area (Å²) in [5.41, 5.74) is 5.33. The van der Waals surface area contributed by atoms with Crippen LogP contribution in [0.2, 0.25) is 0 Å². The van der Waals surface area contributed by atoms with Crippen LogP contribution in [0.1, 0.15) is 35.6 Å². The van der Waals surface area contributed by atoms with Gasteiger partial charge in [0.2, 0.25) is 0 Å². The monoisotopic (exact) mass is 284 g/mol. The smallest absolute Gasteiger partial charge is 0.326 e. The summed E-state index contributed by atoms with van der Waals surface area (Å²) in [5, 5.41) is 19.7. The van der Waals surface area contributed by atoms with E-state index in [1.54, 1.807) is 0 Å². The van der Waals surface area contributed by atoms with E-state index in [2.05, 4.69) is 5.32 Å². The van der Waals surface area contributed by atoms with Gasteiger partial charge in [0.15, 0.2) is 5.76 Å². The van der Waals surface area contributed by atoms with E-state index >= 15 is 0 Å². The Morgan fingerprint density at radius 3 is 2.50 bits per heavy atom. The Kier molecular flexibility index (Phi) is 5.73. The Labute approximate surface area is 114 Å². The van der Waals surface area contributed by atoms with Crippen molar-refractivity contribution in [3.8, 4) is 0 Å². The van der Waals surface area contributed by atoms with Crippen molar-refractivity contribution in [1.82, 2.24) is 5.32 Å². The van der Waals surface area contributed by atoms with Crippen molar-refractivity contribution in [2.75, 3.05) is 0 Å². The Bertz CT molecular complexity index is 496. The summed E-state index contributed by atoms with van der Waals surface area (Å²) in [6, 6.07) is 1.76. The third-order valence-corrected chi connectivity index (χ3v) is 2.57. The minimum atomic E-state index is -1.23. The first-order valence-electron chi connectivity index (χ1n) is 5.98. The molecule has 0 saturated carbocycles. The zero-order valence-electron chi connectivity index (χ0n) is 10.7. The lowest BCUT2D eigenvalue weighted by Gasteiger charge is -2.12. The summed E-state index contributed by atoms with van der Waals surface area (Å²) < 4.78 is 5.09. The number of amides is 1. The number of carbonyl (C=O) groups is 3. The molecule has 0 bridgehead atoms. The fraction of sp³-hybridized carbons (Fsp3) is 0.417. The Morgan fingerprint density at radius 2 is 2.00 bits per heavy atom. The average Bonchev–Trinajstić information content (AvgIpc) is 2.85. The average molecular weight is 284 g/mol. The van der Waals surface area contributed by atoms with Crippen LogP contribution in [0.4, 0.5) is 0 Å². The molecule has 1 rings (SSSR count). The highest BCUT2D eigenvalue weighted by atomic mass is 16.4. The minimum absolute atomic E-state index is 0.0256. The molecule has 1 aromatic rings. The van der Waals surface area contributed by atoms with E-state index in [1.807, 2.05) is 0 Å². The van der Waals surface area contributed by atoms with Crippen LogP contribution in [-0.4, -0.2) is 34.1 Å². The first-order chi connectivity index (χ1) is 9.43. The van der Waals surface area contributed by atoms with Crippen molar-refractivity contribution >= 4 is 17.8 Å². The molecule has 1 heterocycles. The van der Waals surface area contributed by atoms with Crippen molar-refractivity contribution in [3.05, 3.63) is 23.7 Å². The lowest BCUT2D eigenvalue weighted by Crippen LogP contribution is -2.40. The van der Waals surface area contributed by atoms with Gasteiger partial charge in [0, 0.05) is 6.42 Å². The summed E-state index contributed by atoms with van der Waals surface area (Å²) in [5.74, 6) is -2.54. The van der Waals surface area contributed by atoms with Crippen LogP contribution in [0, 0.1) is 0 Å². The molecule has 1 amide bonds. The summed E-state index contributed by atoms with van der Waals surface area (Å²) in [6.07, 6.45) is 0.0222. The summed E-state index contributed by atoms with van der Waals surface area (Å²) in [4.78, 5) is 33.1. The first-order valence-corrected chi connectivity index (χ1v) is 5.98. The van der Waals surface area contributed by atoms with E-state index in [-0.39, 0.29) is 31.6 Å². The number of nitrogens with two attached hydrogens (primary N) is 1. The Hall–Kier alpha value is -2.35. The van der Waals surface area contributed by atoms with Gasteiger partial charge in [-0.2, -0.15) is 0 Å². The van der Waals surface area contributed by atoms with E-state index in [1.165, 1.54) is 12.1 Å². The molecule has 8 nitrogen and oxygen atoms in total. The van der Waals surface area contributed by atoms with Gasteiger partial charge in [0.1, 0.15) is 11.8 Å². The van der Waals surface area contributed by atoms with Gasteiger partial charge >= 0.3 is 11.9 Å². The van der Waals surface area contributed by atoms with Gasteiger partial charge in [0.25, 0.3) is 5.91 Å². The zero-order valence-corrected chi connectivity index (χ0v) is 10.7. The number of nitrogens with one attached hydrogen (secondary N) is 1. The molecule has 1 aromatic heterocycles. The molecule has 0 fully saturated rings. The standard InChI is InChI=1S/C12H16N2O6/c13-6-7-4-5-9(20-7)11(17)14-8(12(18)19)2-1-3-10(15)16/h4-5,8H,1-3,6,13H2,(H,14,17)(H,15,16)(H,18,19)/t8-/m1/s1. The van der Waals surface area contributed by atoms with Gasteiger partial charge in [-0.15, -0.1) is 0 Å². The van der Waals surface area contributed by atoms with Crippen molar-refractivity contribution in [3.63, 3.8) is 0 Å². The van der Waals surface area contributed by atoms with Crippen LogP contribution in [0.25, 0.3) is 0 Å². The number of carboxylic acids is 2. The molecule has 5 N–H and O–H groups in total. The van der Waals surface area contributed by atoms with Crippen LogP contribution in [-0.2, 0) is 16.1 Å². The molecule has 8 heteroatoms. The van der Waals surface area contributed by atoms with E-state index in [9.17, 15) is 14.4 Å².